The molecule has 0 bridgehead atoms. The van der Waals surface area contributed by atoms with Crippen LogP contribution < -0.4 is 0 Å². The smallest absolute Gasteiger partial charge is 0.0593 e. The van der Waals surface area contributed by atoms with Gasteiger partial charge in [0.1, 0.15) is 0 Å². The molecule has 0 aliphatic carbocycles. The first kappa shape index (κ1) is 14.1. The number of nitrogens with zero attached hydrogens (tertiary/aromatic N) is 1. The molecule has 2 aliphatic heterocycles. The van der Waals surface area contributed by atoms with Gasteiger partial charge in [0.05, 0.1) is 13.2 Å². The number of hydrogen-bond acceptors (Lipinski definition) is 3. The van der Waals surface area contributed by atoms with Gasteiger partial charge in [0, 0.05) is 32.3 Å². The molecule has 1 atom stereocenters. The Bertz CT molecular complexity index is 389. The van der Waals surface area contributed by atoms with Crippen LogP contribution in [0.5, 0.6) is 0 Å². The number of rotatable bonds is 3. The summed E-state index contributed by atoms with van der Waals surface area (Å²) in [7, 11) is 0. The van der Waals surface area contributed by atoms with Crippen LogP contribution in [-0.4, -0.2) is 50.5 Å². The Morgan fingerprint density at radius 1 is 1.00 bits per heavy atom. The second-order valence-corrected chi connectivity index (χ2v) is 5.97. The van der Waals surface area contributed by atoms with Crippen molar-refractivity contribution in [2.45, 2.75) is 25.3 Å². The molecule has 0 saturated carbocycles. The van der Waals surface area contributed by atoms with E-state index in [2.05, 4.69) is 35.2 Å². The van der Waals surface area contributed by atoms with Gasteiger partial charge in [-0.2, -0.15) is 0 Å². The van der Waals surface area contributed by atoms with E-state index in [4.69, 9.17) is 9.47 Å². The first-order valence-electron chi connectivity index (χ1n) is 7.85. The summed E-state index contributed by atoms with van der Waals surface area (Å²) in [4.78, 5) is 2.64. The van der Waals surface area contributed by atoms with Crippen LogP contribution in [0.25, 0.3) is 0 Å². The highest BCUT2D eigenvalue weighted by Gasteiger charge is 2.26. The fraction of sp³-hybridized carbons (Fsp3) is 0.647. The Kier molecular flexibility index (Phi) is 5.06. The summed E-state index contributed by atoms with van der Waals surface area (Å²) in [5.74, 6) is 0.614. The minimum absolute atomic E-state index is 0.614. The van der Waals surface area contributed by atoms with E-state index in [0.29, 0.717) is 12.0 Å². The van der Waals surface area contributed by atoms with E-state index < -0.39 is 0 Å². The number of ether oxygens (including phenoxy) is 2. The predicted octanol–water partition coefficient (Wildman–Crippen LogP) is 2.36. The third kappa shape index (κ3) is 3.81. The number of hydrogen-bond donors (Lipinski definition) is 0. The highest BCUT2D eigenvalue weighted by molar-refractivity contribution is 5.15. The van der Waals surface area contributed by atoms with E-state index in [0.717, 1.165) is 39.4 Å². The van der Waals surface area contributed by atoms with Crippen LogP contribution in [0.4, 0.5) is 0 Å². The summed E-state index contributed by atoms with van der Waals surface area (Å²) in [5, 5.41) is 0. The van der Waals surface area contributed by atoms with Crippen molar-refractivity contribution in [3.63, 3.8) is 0 Å². The zero-order chi connectivity index (χ0) is 13.6. The normalized spacial score (nSPS) is 26.3. The molecule has 1 aromatic rings. The minimum Gasteiger partial charge on any atom is -0.381 e. The van der Waals surface area contributed by atoms with Gasteiger partial charge in [0.2, 0.25) is 0 Å². The van der Waals surface area contributed by atoms with Gasteiger partial charge in [-0.15, -0.1) is 0 Å². The first-order valence-corrected chi connectivity index (χ1v) is 7.85. The molecule has 2 fully saturated rings. The zero-order valence-electron chi connectivity index (χ0n) is 12.2. The maximum Gasteiger partial charge on any atom is 0.0593 e. The van der Waals surface area contributed by atoms with Crippen molar-refractivity contribution in [1.29, 1.82) is 0 Å². The maximum atomic E-state index is 5.83. The van der Waals surface area contributed by atoms with Crippen molar-refractivity contribution >= 4 is 0 Å². The van der Waals surface area contributed by atoms with Gasteiger partial charge in [-0.3, -0.25) is 4.90 Å². The van der Waals surface area contributed by atoms with Crippen LogP contribution in [0.3, 0.4) is 0 Å². The topological polar surface area (TPSA) is 21.7 Å². The van der Waals surface area contributed by atoms with Crippen LogP contribution in [0, 0.1) is 5.92 Å². The van der Waals surface area contributed by atoms with Crippen molar-refractivity contribution in [2.75, 3.05) is 39.5 Å². The van der Waals surface area contributed by atoms with Gasteiger partial charge < -0.3 is 9.47 Å². The summed E-state index contributed by atoms with van der Waals surface area (Å²) < 4.78 is 11.3. The van der Waals surface area contributed by atoms with Gasteiger partial charge in [-0.1, -0.05) is 30.3 Å². The summed E-state index contributed by atoms with van der Waals surface area (Å²) >= 11 is 0. The van der Waals surface area contributed by atoms with E-state index in [1.807, 2.05) is 0 Å². The van der Waals surface area contributed by atoms with Crippen molar-refractivity contribution in [1.82, 2.24) is 4.90 Å². The third-order valence-electron chi connectivity index (χ3n) is 4.44. The molecule has 3 heteroatoms. The van der Waals surface area contributed by atoms with Crippen LogP contribution in [-0.2, 0) is 15.9 Å². The van der Waals surface area contributed by atoms with Gasteiger partial charge in [0.15, 0.2) is 0 Å². The molecule has 0 radical (unpaired) electrons. The van der Waals surface area contributed by atoms with Crippen molar-refractivity contribution in [2.24, 2.45) is 5.92 Å². The molecule has 2 heterocycles. The Balaban J connectivity index is 1.59. The molecule has 20 heavy (non-hydrogen) atoms. The highest BCUT2D eigenvalue weighted by Crippen LogP contribution is 2.20. The predicted molar refractivity (Wildman–Crippen MR) is 79.9 cm³/mol. The molecule has 1 unspecified atom stereocenters. The van der Waals surface area contributed by atoms with Crippen molar-refractivity contribution < 1.29 is 9.47 Å². The Labute approximate surface area is 121 Å². The molecular weight excluding hydrogens is 250 g/mol. The van der Waals surface area contributed by atoms with E-state index >= 15 is 0 Å². The second kappa shape index (κ2) is 7.21. The van der Waals surface area contributed by atoms with Crippen molar-refractivity contribution in [3.8, 4) is 0 Å². The lowest BCUT2D eigenvalue weighted by Gasteiger charge is -2.34. The zero-order valence-corrected chi connectivity index (χ0v) is 12.2. The lowest BCUT2D eigenvalue weighted by molar-refractivity contribution is 0.0308. The monoisotopic (exact) mass is 275 g/mol. The Morgan fingerprint density at radius 2 is 1.80 bits per heavy atom. The molecule has 0 aromatic heterocycles. The maximum absolute atomic E-state index is 5.83. The van der Waals surface area contributed by atoms with Crippen LogP contribution >= 0.6 is 0 Å². The molecule has 0 spiro atoms. The van der Waals surface area contributed by atoms with Gasteiger partial charge in [0.25, 0.3) is 0 Å². The molecule has 3 rings (SSSR count). The second-order valence-electron chi connectivity index (χ2n) is 5.97. The van der Waals surface area contributed by atoms with Gasteiger partial charge >= 0.3 is 0 Å². The standard InChI is InChI=1S/C17H25NO2/c1-2-4-15(5-3-1)12-16-13-18(8-11-20-14-16)17-6-9-19-10-7-17/h1-5,16-17H,6-14H2. The van der Waals surface area contributed by atoms with Crippen LogP contribution in [0.2, 0.25) is 0 Å². The molecule has 3 nitrogen and oxygen atoms in total. The number of benzene rings is 1. The van der Waals surface area contributed by atoms with Crippen LogP contribution in [0.1, 0.15) is 18.4 Å². The quantitative estimate of drug-likeness (QED) is 0.845. The van der Waals surface area contributed by atoms with Crippen LogP contribution in [0.15, 0.2) is 30.3 Å². The first-order chi connectivity index (χ1) is 9.92. The molecular formula is C17H25NO2. The van der Waals surface area contributed by atoms with Gasteiger partial charge in [-0.25, -0.2) is 0 Å². The fourth-order valence-corrected chi connectivity index (χ4v) is 3.36. The van der Waals surface area contributed by atoms with Crippen molar-refractivity contribution in [3.05, 3.63) is 35.9 Å². The van der Waals surface area contributed by atoms with E-state index in [1.54, 1.807) is 0 Å². The largest absolute Gasteiger partial charge is 0.381 e. The SMILES string of the molecule is c1ccc(CC2COCCN(C3CCOCC3)C2)cc1. The van der Waals surface area contributed by atoms with E-state index in [1.165, 1.54) is 24.9 Å². The summed E-state index contributed by atoms with van der Waals surface area (Å²) in [6.07, 6.45) is 3.48. The fourth-order valence-electron chi connectivity index (χ4n) is 3.36. The van der Waals surface area contributed by atoms with E-state index in [9.17, 15) is 0 Å². The molecule has 1 aromatic carbocycles. The summed E-state index contributed by atoms with van der Waals surface area (Å²) in [6, 6.07) is 11.5. The molecule has 0 N–H and O–H groups in total. The van der Waals surface area contributed by atoms with E-state index in [-0.39, 0.29) is 0 Å². The molecule has 2 saturated heterocycles. The lowest BCUT2D eigenvalue weighted by atomic mass is 9.98. The summed E-state index contributed by atoms with van der Waals surface area (Å²) in [6.45, 7) is 5.86. The Hall–Kier alpha value is -0.900. The highest BCUT2D eigenvalue weighted by atomic mass is 16.5. The molecule has 2 aliphatic rings. The lowest BCUT2D eigenvalue weighted by Crippen LogP contribution is -2.42. The third-order valence-corrected chi connectivity index (χ3v) is 4.44. The molecule has 0 amide bonds. The molecule has 110 valence electrons. The minimum atomic E-state index is 0.614. The average molecular weight is 275 g/mol. The summed E-state index contributed by atoms with van der Waals surface area (Å²) in [5.41, 5.74) is 1.43. The Morgan fingerprint density at radius 3 is 2.60 bits per heavy atom. The average Bonchev–Trinajstić information content (AvgIpc) is 2.75. The van der Waals surface area contributed by atoms with Gasteiger partial charge in [-0.05, 0) is 30.7 Å².